The van der Waals surface area contributed by atoms with Crippen LogP contribution in [0.15, 0.2) is 42.7 Å². The van der Waals surface area contributed by atoms with E-state index < -0.39 is 5.60 Å². The first-order valence-electron chi connectivity index (χ1n) is 8.32. The lowest BCUT2D eigenvalue weighted by Gasteiger charge is -2.22. The highest BCUT2D eigenvalue weighted by molar-refractivity contribution is 5.73. The molecule has 0 fully saturated rings. The van der Waals surface area contributed by atoms with Crippen molar-refractivity contribution >= 4 is 6.03 Å². The quantitative estimate of drug-likeness (QED) is 0.668. The number of aryl methyl sites for hydroxylation is 1. The van der Waals surface area contributed by atoms with Crippen LogP contribution in [0.3, 0.4) is 0 Å². The van der Waals surface area contributed by atoms with Crippen LogP contribution < -0.4 is 10.6 Å². The molecule has 0 saturated carbocycles. The number of carbonyl (C=O) groups excluding carboxylic acids is 1. The number of hydrogen-bond donors (Lipinski definition) is 3. The minimum Gasteiger partial charge on any atom is -0.383 e. The molecule has 2 amide bonds. The maximum Gasteiger partial charge on any atom is 0.314 e. The Labute approximate surface area is 148 Å². The Balaban J connectivity index is 1.67. The fourth-order valence-electron chi connectivity index (χ4n) is 2.45. The van der Waals surface area contributed by atoms with Gasteiger partial charge in [-0.3, -0.25) is 4.68 Å². The highest BCUT2D eigenvalue weighted by atomic mass is 16.3. The van der Waals surface area contributed by atoms with Crippen LogP contribution >= 0.6 is 0 Å². The Kier molecular flexibility index (Phi) is 6.55. The minimum atomic E-state index is -1.16. The van der Waals surface area contributed by atoms with Gasteiger partial charge in [0.2, 0.25) is 0 Å². The molecule has 0 aliphatic heterocycles. The van der Waals surface area contributed by atoms with E-state index in [1.807, 2.05) is 25.2 Å². The van der Waals surface area contributed by atoms with Gasteiger partial charge in [-0.25, -0.2) is 4.79 Å². The number of aromatic nitrogens is 2. The van der Waals surface area contributed by atoms with Gasteiger partial charge in [0.1, 0.15) is 5.60 Å². The van der Waals surface area contributed by atoms with E-state index in [0.29, 0.717) is 12.1 Å². The van der Waals surface area contributed by atoms with Gasteiger partial charge in [0, 0.05) is 38.4 Å². The van der Waals surface area contributed by atoms with Crippen LogP contribution in [-0.2, 0) is 19.2 Å². The molecule has 3 N–H and O–H groups in total. The SMILES string of the molecule is CN(CCNC(=O)NC[C@](C)(O)c1cnn(C)c1)Cc1ccccc1. The monoisotopic (exact) mass is 345 g/mol. The van der Waals surface area contributed by atoms with Crippen LogP contribution in [0.2, 0.25) is 0 Å². The van der Waals surface area contributed by atoms with Crippen molar-refractivity contribution < 1.29 is 9.90 Å². The Morgan fingerprint density at radius 1 is 1.32 bits per heavy atom. The number of likely N-dealkylation sites (N-methyl/N-ethyl adjacent to an activating group) is 1. The average molecular weight is 345 g/mol. The van der Waals surface area contributed by atoms with Gasteiger partial charge >= 0.3 is 6.03 Å². The van der Waals surface area contributed by atoms with Gasteiger partial charge in [-0.1, -0.05) is 30.3 Å². The summed E-state index contributed by atoms with van der Waals surface area (Å²) in [6.07, 6.45) is 3.33. The molecule has 1 heterocycles. The smallest absolute Gasteiger partial charge is 0.314 e. The van der Waals surface area contributed by atoms with Gasteiger partial charge in [0.05, 0.1) is 12.7 Å². The first kappa shape index (κ1) is 19.0. The minimum absolute atomic E-state index is 0.115. The third-order valence-corrected chi connectivity index (χ3v) is 3.99. The predicted octanol–water partition coefficient (Wildman–Crippen LogP) is 1.06. The third-order valence-electron chi connectivity index (χ3n) is 3.99. The Hall–Kier alpha value is -2.38. The summed E-state index contributed by atoms with van der Waals surface area (Å²) >= 11 is 0. The summed E-state index contributed by atoms with van der Waals surface area (Å²) < 4.78 is 1.62. The number of nitrogens with one attached hydrogen (secondary N) is 2. The lowest BCUT2D eigenvalue weighted by atomic mass is 10.00. The molecule has 0 saturated heterocycles. The number of nitrogens with zero attached hydrogens (tertiary/aromatic N) is 3. The molecule has 0 radical (unpaired) electrons. The van der Waals surface area contributed by atoms with Crippen molar-refractivity contribution in [1.29, 1.82) is 0 Å². The molecule has 0 unspecified atom stereocenters. The summed E-state index contributed by atoms with van der Waals surface area (Å²) in [5.74, 6) is 0. The second-order valence-corrected chi connectivity index (χ2v) is 6.51. The summed E-state index contributed by atoms with van der Waals surface area (Å²) in [5.41, 5.74) is 0.746. The molecule has 2 aromatic rings. The van der Waals surface area contributed by atoms with Crippen molar-refractivity contribution in [3.05, 3.63) is 53.9 Å². The lowest BCUT2D eigenvalue weighted by molar-refractivity contribution is 0.0593. The largest absolute Gasteiger partial charge is 0.383 e. The van der Waals surface area contributed by atoms with Gasteiger partial charge in [-0.05, 0) is 19.5 Å². The molecule has 0 aliphatic carbocycles. The normalized spacial score (nSPS) is 13.5. The predicted molar refractivity (Wildman–Crippen MR) is 97.0 cm³/mol. The molecule has 0 aliphatic rings. The van der Waals surface area contributed by atoms with Crippen LogP contribution in [0.5, 0.6) is 0 Å². The van der Waals surface area contributed by atoms with Crippen molar-refractivity contribution in [2.75, 3.05) is 26.7 Å². The molecule has 1 aromatic carbocycles. The highest BCUT2D eigenvalue weighted by Crippen LogP contribution is 2.18. The lowest BCUT2D eigenvalue weighted by Crippen LogP contribution is -2.45. The van der Waals surface area contributed by atoms with Crippen LogP contribution in [-0.4, -0.2) is 52.5 Å². The molecule has 1 aromatic heterocycles. The van der Waals surface area contributed by atoms with Gasteiger partial charge in [-0.2, -0.15) is 5.10 Å². The number of benzene rings is 1. The average Bonchev–Trinajstić information content (AvgIpc) is 3.01. The molecule has 2 rings (SSSR count). The summed E-state index contributed by atoms with van der Waals surface area (Å²) in [6, 6.07) is 9.90. The molecular weight excluding hydrogens is 318 g/mol. The van der Waals surface area contributed by atoms with E-state index >= 15 is 0 Å². The molecule has 136 valence electrons. The van der Waals surface area contributed by atoms with E-state index in [0.717, 1.165) is 13.1 Å². The number of aliphatic hydroxyl groups is 1. The summed E-state index contributed by atoms with van der Waals surface area (Å²) in [7, 11) is 3.80. The second kappa shape index (κ2) is 8.64. The third kappa shape index (κ3) is 6.21. The number of rotatable bonds is 8. The Morgan fingerprint density at radius 3 is 2.68 bits per heavy atom. The first-order chi connectivity index (χ1) is 11.9. The zero-order valence-electron chi connectivity index (χ0n) is 15.1. The molecule has 0 spiro atoms. The fourth-order valence-corrected chi connectivity index (χ4v) is 2.45. The van der Waals surface area contributed by atoms with Gasteiger partial charge < -0.3 is 20.6 Å². The summed E-state index contributed by atoms with van der Waals surface area (Å²) in [6.45, 7) is 3.87. The molecule has 7 nitrogen and oxygen atoms in total. The molecule has 25 heavy (non-hydrogen) atoms. The standard InChI is InChI=1S/C18H27N5O2/c1-18(25,16-11-21-23(3)13-16)14-20-17(24)19-9-10-22(2)12-15-7-5-4-6-8-15/h4-8,11,13,25H,9-10,12,14H2,1-3H3,(H2,19,20,24)/t18-/m0/s1. The number of urea groups is 1. The zero-order chi connectivity index (χ0) is 18.3. The molecule has 0 bridgehead atoms. The molecule has 1 atom stereocenters. The van der Waals surface area contributed by atoms with Crippen molar-refractivity contribution in [3.8, 4) is 0 Å². The van der Waals surface area contributed by atoms with Crippen LogP contribution in [0.25, 0.3) is 0 Å². The van der Waals surface area contributed by atoms with Gasteiger partial charge in [0.25, 0.3) is 0 Å². The first-order valence-corrected chi connectivity index (χ1v) is 8.32. The Bertz CT molecular complexity index is 669. The van der Waals surface area contributed by atoms with E-state index in [1.165, 1.54) is 5.56 Å². The van der Waals surface area contributed by atoms with Gasteiger partial charge in [0.15, 0.2) is 0 Å². The number of amides is 2. The second-order valence-electron chi connectivity index (χ2n) is 6.51. The van der Waals surface area contributed by atoms with Crippen molar-refractivity contribution in [1.82, 2.24) is 25.3 Å². The van der Waals surface area contributed by atoms with Crippen molar-refractivity contribution in [2.24, 2.45) is 7.05 Å². The van der Waals surface area contributed by atoms with E-state index in [4.69, 9.17) is 0 Å². The fraction of sp³-hybridized carbons (Fsp3) is 0.444. The van der Waals surface area contributed by atoms with E-state index in [1.54, 1.807) is 31.0 Å². The summed E-state index contributed by atoms with van der Waals surface area (Å²) in [4.78, 5) is 14.0. The van der Waals surface area contributed by atoms with E-state index in [2.05, 4.69) is 32.8 Å². The highest BCUT2D eigenvalue weighted by Gasteiger charge is 2.25. The maximum absolute atomic E-state index is 11.9. The molecule has 7 heteroatoms. The zero-order valence-corrected chi connectivity index (χ0v) is 15.1. The van der Waals surface area contributed by atoms with Gasteiger partial charge in [-0.15, -0.1) is 0 Å². The number of hydrogen-bond acceptors (Lipinski definition) is 4. The van der Waals surface area contributed by atoms with Crippen molar-refractivity contribution in [2.45, 2.75) is 19.1 Å². The van der Waals surface area contributed by atoms with Crippen LogP contribution in [0, 0.1) is 0 Å². The van der Waals surface area contributed by atoms with E-state index in [9.17, 15) is 9.90 Å². The van der Waals surface area contributed by atoms with Crippen LogP contribution in [0.4, 0.5) is 4.79 Å². The van der Waals surface area contributed by atoms with Crippen LogP contribution in [0.1, 0.15) is 18.1 Å². The van der Waals surface area contributed by atoms with Crippen molar-refractivity contribution in [3.63, 3.8) is 0 Å². The topological polar surface area (TPSA) is 82.4 Å². The molecular formula is C18H27N5O2. The summed E-state index contributed by atoms with van der Waals surface area (Å²) in [5, 5.41) is 20.0. The number of carbonyl (C=O) groups is 1. The van der Waals surface area contributed by atoms with E-state index in [-0.39, 0.29) is 12.6 Å². The maximum atomic E-state index is 11.9. The Morgan fingerprint density at radius 2 is 2.04 bits per heavy atom.